The summed E-state index contributed by atoms with van der Waals surface area (Å²) in [5.41, 5.74) is 8.35. The van der Waals surface area contributed by atoms with Crippen LogP contribution in [0.3, 0.4) is 0 Å². The van der Waals surface area contributed by atoms with E-state index in [0.717, 1.165) is 5.69 Å². The van der Waals surface area contributed by atoms with Crippen molar-refractivity contribution in [1.82, 2.24) is 15.1 Å². The summed E-state index contributed by atoms with van der Waals surface area (Å²) in [5.74, 6) is 0.134. The van der Waals surface area contributed by atoms with Crippen molar-refractivity contribution in [2.24, 2.45) is 0 Å². The Hall–Kier alpha value is -3.53. The summed E-state index contributed by atoms with van der Waals surface area (Å²) < 4.78 is 6.44. The topological polar surface area (TPSA) is 110 Å². The molecule has 7 nitrogen and oxygen atoms in total. The molecule has 0 saturated heterocycles. The Morgan fingerprint density at radius 1 is 1.32 bits per heavy atom. The van der Waals surface area contributed by atoms with Crippen LogP contribution >= 0.6 is 0 Å². The molecule has 0 fully saturated rings. The number of rotatable bonds is 6. The third-order valence-electron chi connectivity index (χ3n) is 3.77. The number of hydrogen-bond acceptors (Lipinski definition) is 5. The van der Waals surface area contributed by atoms with E-state index in [2.05, 4.69) is 16.5 Å². The van der Waals surface area contributed by atoms with Gasteiger partial charge in [0.05, 0.1) is 23.2 Å². The van der Waals surface area contributed by atoms with Crippen LogP contribution in [0, 0.1) is 11.3 Å². The lowest BCUT2D eigenvalue weighted by molar-refractivity contribution is 0.0952. The molecule has 0 spiro atoms. The maximum Gasteiger partial charge on any atom is 0.254 e. The van der Waals surface area contributed by atoms with E-state index in [9.17, 15) is 10.1 Å². The summed E-state index contributed by atoms with van der Waals surface area (Å²) >= 11 is 0. The van der Waals surface area contributed by atoms with E-state index >= 15 is 0 Å². The zero-order valence-electron chi connectivity index (χ0n) is 13.5. The second-order valence-electron chi connectivity index (χ2n) is 5.44. The molecule has 0 bridgehead atoms. The zero-order valence-corrected chi connectivity index (χ0v) is 13.5. The molecular weight excluding hydrogens is 318 g/mol. The van der Waals surface area contributed by atoms with Gasteiger partial charge in [0.2, 0.25) is 0 Å². The number of benzene rings is 1. The van der Waals surface area contributed by atoms with Crippen molar-refractivity contribution in [3.63, 3.8) is 0 Å². The standard InChI is InChI=1S/C18H17N5O2/c19-11-15-16(7-4-9-21-18(24)13-8-10-25-12-13)22-23(17(15)20)14-5-2-1-3-6-14/h1-3,5-6,8,10,12H,4,7,9,20H2,(H,21,24). The number of amides is 1. The van der Waals surface area contributed by atoms with Crippen LogP contribution in [-0.4, -0.2) is 22.2 Å². The van der Waals surface area contributed by atoms with Crippen LogP contribution in [0.15, 0.2) is 53.3 Å². The lowest BCUT2D eigenvalue weighted by Crippen LogP contribution is -2.24. The van der Waals surface area contributed by atoms with Gasteiger partial charge in [-0.05, 0) is 31.0 Å². The first-order valence-corrected chi connectivity index (χ1v) is 7.84. The molecule has 2 heterocycles. The lowest BCUT2D eigenvalue weighted by atomic mass is 10.1. The minimum Gasteiger partial charge on any atom is -0.472 e. The molecule has 1 amide bonds. The largest absolute Gasteiger partial charge is 0.472 e. The SMILES string of the molecule is N#Cc1c(CCCNC(=O)c2ccoc2)nn(-c2ccccc2)c1N. The highest BCUT2D eigenvalue weighted by molar-refractivity contribution is 5.93. The number of anilines is 1. The molecule has 3 aromatic rings. The number of aromatic nitrogens is 2. The van der Waals surface area contributed by atoms with Gasteiger partial charge in [0.1, 0.15) is 23.7 Å². The number of carbonyl (C=O) groups is 1. The van der Waals surface area contributed by atoms with Gasteiger partial charge in [-0.2, -0.15) is 10.4 Å². The quantitative estimate of drug-likeness (QED) is 0.672. The average Bonchev–Trinajstić information content (AvgIpc) is 3.27. The third kappa shape index (κ3) is 3.53. The molecule has 126 valence electrons. The number of para-hydroxylation sites is 1. The molecule has 0 aliphatic heterocycles. The highest BCUT2D eigenvalue weighted by Crippen LogP contribution is 2.21. The van der Waals surface area contributed by atoms with Gasteiger partial charge in [0, 0.05) is 6.54 Å². The van der Waals surface area contributed by atoms with E-state index in [1.54, 1.807) is 10.7 Å². The van der Waals surface area contributed by atoms with Gasteiger partial charge in [-0.1, -0.05) is 18.2 Å². The van der Waals surface area contributed by atoms with E-state index in [0.29, 0.717) is 42.0 Å². The molecule has 7 heteroatoms. The summed E-state index contributed by atoms with van der Waals surface area (Å²) in [4.78, 5) is 11.8. The van der Waals surface area contributed by atoms with Crippen molar-refractivity contribution < 1.29 is 9.21 Å². The summed E-state index contributed by atoms with van der Waals surface area (Å²) in [6.45, 7) is 0.465. The third-order valence-corrected chi connectivity index (χ3v) is 3.77. The van der Waals surface area contributed by atoms with Crippen molar-refractivity contribution in [3.05, 3.63) is 65.7 Å². The molecule has 25 heavy (non-hydrogen) atoms. The van der Waals surface area contributed by atoms with Gasteiger partial charge in [0.25, 0.3) is 5.91 Å². The predicted molar refractivity (Wildman–Crippen MR) is 92.1 cm³/mol. The number of nitrogens with one attached hydrogen (secondary N) is 1. The van der Waals surface area contributed by atoms with Crippen LogP contribution in [0.2, 0.25) is 0 Å². The fourth-order valence-electron chi connectivity index (χ4n) is 2.49. The molecule has 3 N–H and O–H groups in total. The first-order chi connectivity index (χ1) is 12.2. The van der Waals surface area contributed by atoms with Gasteiger partial charge < -0.3 is 15.5 Å². The molecule has 2 aromatic heterocycles. The lowest BCUT2D eigenvalue weighted by Gasteiger charge is -2.03. The molecule has 1 aromatic carbocycles. The van der Waals surface area contributed by atoms with Gasteiger partial charge in [0.15, 0.2) is 0 Å². The molecule has 0 saturated carbocycles. The number of carbonyl (C=O) groups excluding carboxylic acids is 1. The van der Waals surface area contributed by atoms with E-state index in [4.69, 9.17) is 10.2 Å². The summed E-state index contributed by atoms with van der Waals surface area (Å²) in [7, 11) is 0. The maximum absolute atomic E-state index is 11.8. The number of nitrogen functional groups attached to an aromatic ring is 1. The zero-order chi connectivity index (χ0) is 17.6. The van der Waals surface area contributed by atoms with Crippen LogP contribution in [0.1, 0.15) is 28.0 Å². The number of nitriles is 1. The molecule has 0 aliphatic rings. The minimum atomic E-state index is -0.191. The summed E-state index contributed by atoms with van der Waals surface area (Å²) in [5, 5.41) is 16.6. The molecular formula is C18H17N5O2. The Balaban J connectivity index is 1.65. The highest BCUT2D eigenvalue weighted by Gasteiger charge is 2.16. The summed E-state index contributed by atoms with van der Waals surface area (Å²) in [6, 6.07) is 13.1. The number of aryl methyl sites for hydroxylation is 1. The Bertz CT molecular complexity index is 892. The fraction of sp³-hybridized carbons (Fsp3) is 0.167. The van der Waals surface area contributed by atoms with E-state index in [-0.39, 0.29) is 5.91 Å². The van der Waals surface area contributed by atoms with Crippen molar-refractivity contribution in [2.45, 2.75) is 12.8 Å². The maximum atomic E-state index is 11.8. The van der Waals surface area contributed by atoms with Crippen molar-refractivity contribution in [3.8, 4) is 11.8 Å². The first kappa shape index (κ1) is 16.3. The second-order valence-corrected chi connectivity index (χ2v) is 5.44. The first-order valence-electron chi connectivity index (χ1n) is 7.84. The molecule has 3 rings (SSSR count). The van der Waals surface area contributed by atoms with E-state index < -0.39 is 0 Å². The van der Waals surface area contributed by atoms with Crippen molar-refractivity contribution in [2.75, 3.05) is 12.3 Å². The monoisotopic (exact) mass is 335 g/mol. The number of nitrogens with zero attached hydrogens (tertiary/aromatic N) is 3. The highest BCUT2D eigenvalue weighted by atomic mass is 16.3. The Morgan fingerprint density at radius 2 is 2.12 bits per heavy atom. The Kier molecular flexibility index (Phi) is 4.81. The molecule has 0 unspecified atom stereocenters. The van der Waals surface area contributed by atoms with Crippen LogP contribution in [0.4, 0.5) is 5.82 Å². The molecule has 0 radical (unpaired) electrons. The minimum absolute atomic E-state index is 0.191. The number of hydrogen-bond donors (Lipinski definition) is 2. The van der Waals surface area contributed by atoms with E-state index in [1.165, 1.54) is 12.5 Å². The van der Waals surface area contributed by atoms with E-state index in [1.807, 2.05) is 30.3 Å². The van der Waals surface area contributed by atoms with Gasteiger partial charge in [-0.3, -0.25) is 4.79 Å². The average molecular weight is 335 g/mol. The predicted octanol–water partition coefficient (Wildman–Crippen LogP) is 2.28. The molecule has 0 aliphatic carbocycles. The van der Waals surface area contributed by atoms with Crippen LogP contribution in [0.5, 0.6) is 0 Å². The number of furan rings is 1. The van der Waals surface area contributed by atoms with Gasteiger partial charge >= 0.3 is 0 Å². The smallest absolute Gasteiger partial charge is 0.254 e. The second kappa shape index (κ2) is 7.36. The van der Waals surface area contributed by atoms with Crippen LogP contribution < -0.4 is 11.1 Å². The van der Waals surface area contributed by atoms with Gasteiger partial charge in [-0.25, -0.2) is 4.68 Å². The summed E-state index contributed by atoms with van der Waals surface area (Å²) in [6.07, 6.45) is 4.03. The van der Waals surface area contributed by atoms with Crippen LogP contribution in [-0.2, 0) is 6.42 Å². The normalized spacial score (nSPS) is 10.4. The number of nitrogens with two attached hydrogens (primary N) is 1. The van der Waals surface area contributed by atoms with Crippen molar-refractivity contribution in [1.29, 1.82) is 5.26 Å². The Morgan fingerprint density at radius 3 is 2.80 bits per heavy atom. The van der Waals surface area contributed by atoms with Crippen molar-refractivity contribution >= 4 is 11.7 Å². The van der Waals surface area contributed by atoms with Crippen LogP contribution in [0.25, 0.3) is 5.69 Å². The van der Waals surface area contributed by atoms with Gasteiger partial charge in [-0.15, -0.1) is 0 Å². The molecule has 0 atom stereocenters. The fourth-order valence-corrected chi connectivity index (χ4v) is 2.49. The Labute approximate surface area is 144 Å².